The Labute approximate surface area is 243 Å². The van der Waals surface area contributed by atoms with E-state index < -0.39 is 30.0 Å². The molecule has 7 heteroatoms. The summed E-state index contributed by atoms with van der Waals surface area (Å²) in [7, 11) is 0. The molecule has 0 unspecified atom stereocenters. The smallest absolute Gasteiger partial charge is 0.416 e. The lowest BCUT2D eigenvalue weighted by atomic mass is 9.92. The second-order valence-corrected chi connectivity index (χ2v) is 11.4. The second-order valence-electron chi connectivity index (χ2n) is 11.0. The molecular formula is C34H31ClF3NO2. The number of hydrogen-bond donors (Lipinski definition) is 0. The van der Waals surface area contributed by atoms with E-state index in [0.29, 0.717) is 16.1 Å². The standard InChI is InChI=1S/C34H31ClF3NO2/c1-19-6-9-28(22(4)12-19)24-8-11-31(35)30(17-24)29-10-7-20(2)13-26(29)18-39-23(5)32(41-33(39)40)25-14-21(3)15-27(16-25)34(36,37)38/h6-17,23,32H,18H2,1-5H3/t23-,32-/m0/s1. The van der Waals surface area contributed by atoms with Gasteiger partial charge in [0, 0.05) is 10.6 Å². The Hall–Kier alpha value is -3.77. The van der Waals surface area contributed by atoms with Crippen molar-refractivity contribution in [3.05, 3.63) is 117 Å². The van der Waals surface area contributed by atoms with Crippen LogP contribution in [0.15, 0.2) is 72.8 Å². The van der Waals surface area contributed by atoms with Crippen molar-refractivity contribution < 1.29 is 22.7 Å². The van der Waals surface area contributed by atoms with E-state index in [2.05, 4.69) is 38.1 Å². The van der Waals surface area contributed by atoms with Gasteiger partial charge in [-0.05, 0) is 92.3 Å². The van der Waals surface area contributed by atoms with Crippen molar-refractivity contribution in [3.63, 3.8) is 0 Å². The first-order valence-corrected chi connectivity index (χ1v) is 13.8. The number of hydrogen-bond acceptors (Lipinski definition) is 2. The molecule has 0 spiro atoms. The van der Waals surface area contributed by atoms with Crippen LogP contribution in [-0.2, 0) is 17.5 Å². The van der Waals surface area contributed by atoms with Crippen molar-refractivity contribution in [3.8, 4) is 22.3 Å². The van der Waals surface area contributed by atoms with Gasteiger partial charge >= 0.3 is 12.3 Å². The number of aryl methyl sites for hydroxylation is 4. The number of amides is 1. The van der Waals surface area contributed by atoms with E-state index in [4.69, 9.17) is 16.3 Å². The van der Waals surface area contributed by atoms with E-state index in [1.54, 1.807) is 24.8 Å². The maximum atomic E-state index is 13.5. The molecule has 4 aromatic rings. The molecule has 0 aromatic heterocycles. The molecule has 212 valence electrons. The number of carbonyl (C=O) groups excluding carboxylic acids is 1. The summed E-state index contributed by atoms with van der Waals surface area (Å²) in [4.78, 5) is 14.7. The zero-order valence-corrected chi connectivity index (χ0v) is 24.3. The molecular weight excluding hydrogens is 547 g/mol. The Morgan fingerprint density at radius 2 is 1.49 bits per heavy atom. The van der Waals surface area contributed by atoms with Crippen LogP contribution in [0.1, 0.15) is 52.0 Å². The molecule has 1 saturated heterocycles. The van der Waals surface area contributed by atoms with Gasteiger partial charge in [-0.1, -0.05) is 76.8 Å². The maximum Gasteiger partial charge on any atom is 0.416 e. The first-order chi connectivity index (χ1) is 19.3. The van der Waals surface area contributed by atoms with E-state index in [9.17, 15) is 18.0 Å². The summed E-state index contributed by atoms with van der Waals surface area (Å²) < 4.78 is 46.1. The summed E-state index contributed by atoms with van der Waals surface area (Å²) in [6.45, 7) is 9.74. The minimum absolute atomic E-state index is 0.218. The summed E-state index contributed by atoms with van der Waals surface area (Å²) >= 11 is 6.74. The molecule has 0 bridgehead atoms. The Balaban J connectivity index is 1.50. The highest BCUT2D eigenvalue weighted by molar-refractivity contribution is 6.33. The summed E-state index contributed by atoms with van der Waals surface area (Å²) in [6, 6.07) is 21.6. The summed E-state index contributed by atoms with van der Waals surface area (Å²) in [5, 5.41) is 0.581. The lowest BCUT2D eigenvalue weighted by Gasteiger charge is -2.23. The molecule has 41 heavy (non-hydrogen) atoms. The quantitative estimate of drug-likeness (QED) is 0.236. The van der Waals surface area contributed by atoms with E-state index in [0.717, 1.165) is 51.1 Å². The van der Waals surface area contributed by atoms with Crippen LogP contribution in [0.5, 0.6) is 0 Å². The highest BCUT2D eigenvalue weighted by Crippen LogP contribution is 2.40. The van der Waals surface area contributed by atoms with E-state index in [-0.39, 0.29) is 6.54 Å². The van der Waals surface area contributed by atoms with Crippen LogP contribution in [0.25, 0.3) is 22.3 Å². The molecule has 0 radical (unpaired) electrons. The first-order valence-electron chi connectivity index (χ1n) is 13.4. The molecule has 1 fully saturated rings. The average Bonchev–Trinajstić information content (AvgIpc) is 3.17. The fourth-order valence-corrected chi connectivity index (χ4v) is 5.86. The zero-order chi connectivity index (χ0) is 29.6. The molecule has 3 nitrogen and oxygen atoms in total. The number of nitrogens with zero attached hydrogens (tertiary/aromatic N) is 1. The fourth-order valence-electron chi connectivity index (χ4n) is 5.64. The van der Waals surface area contributed by atoms with Gasteiger partial charge in [-0.25, -0.2) is 4.79 Å². The van der Waals surface area contributed by atoms with Crippen molar-refractivity contribution in [2.24, 2.45) is 0 Å². The number of cyclic esters (lactones) is 1. The number of halogens is 4. The summed E-state index contributed by atoms with van der Waals surface area (Å²) in [6.07, 6.45) is -5.89. The van der Waals surface area contributed by atoms with Crippen LogP contribution < -0.4 is 0 Å². The van der Waals surface area contributed by atoms with Gasteiger partial charge in [0.2, 0.25) is 0 Å². The van der Waals surface area contributed by atoms with Crippen LogP contribution in [0.3, 0.4) is 0 Å². The lowest BCUT2D eigenvalue weighted by molar-refractivity contribution is -0.137. The molecule has 4 aromatic carbocycles. The van der Waals surface area contributed by atoms with E-state index >= 15 is 0 Å². The third-order valence-electron chi connectivity index (χ3n) is 7.70. The molecule has 0 aliphatic carbocycles. The van der Waals surface area contributed by atoms with Gasteiger partial charge in [0.25, 0.3) is 0 Å². The van der Waals surface area contributed by atoms with Gasteiger partial charge in [0.15, 0.2) is 0 Å². The Morgan fingerprint density at radius 1 is 0.805 bits per heavy atom. The van der Waals surface area contributed by atoms with E-state index in [1.165, 1.54) is 5.56 Å². The number of alkyl halides is 3. The normalized spacial score (nSPS) is 17.2. The number of rotatable bonds is 5. The monoisotopic (exact) mass is 577 g/mol. The van der Waals surface area contributed by atoms with Gasteiger partial charge in [0.05, 0.1) is 18.2 Å². The van der Waals surface area contributed by atoms with Gasteiger partial charge in [-0.3, -0.25) is 4.90 Å². The van der Waals surface area contributed by atoms with Crippen LogP contribution in [0, 0.1) is 27.7 Å². The summed E-state index contributed by atoms with van der Waals surface area (Å²) in [5.41, 5.74) is 8.11. The highest BCUT2D eigenvalue weighted by atomic mass is 35.5. The first kappa shape index (κ1) is 28.7. The van der Waals surface area contributed by atoms with Crippen LogP contribution in [0.2, 0.25) is 5.02 Å². The summed E-state index contributed by atoms with van der Waals surface area (Å²) in [5.74, 6) is 0. The largest absolute Gasteiger partial charge is 0.439 e. The van der Waals surface area contributed by atoms with Crippen molar-refractivity contribution in [2.75, 3.05) is 0 Å². The fraction of sp³-hybridized carbons (Fsp3) is 0.265. The number of benzene rings is 4. The Kier molecular flexibility index (Phi) is 7.64. The van der Waals surface area contributed by atoms with Crippen LogP contribution in [-0.4, -0.2) is 17.0 Å². The predicted molar refractivity (Wildman–Crippen MR) is 157 cm³/mol. The van der Waals surface area contributed by atoms with Crippen LogP contribution in [0.4, 0.5) is 18.0 Å². The van der Waals surface area contributed by atoms with Crippen molar-refractivity contribution in [1.82, 2.24) is 4.90 Å². The maximum absolute atomic E-state index is 13.5. The minimum atomic E-state index is -4.49. The van der Waals surface area contributed by atoms with Crippen molar-refractivity contribution in [1.29, 1.82) is 0 Å². The minimum Gasteiger partial charge on any atom is -0.439 e. The van der Waals surface area contributed by atoms with Gasteiger partial charge in [0.1, 0.15) is 6.10 Å². The SMILES string of the molecule is Cc1cc([C@H]2OC(=O)N(Cc3cc(C)ccc3-c3cc(-c4ccc(C)cc4C)ccc3Cl)[C@H]2C)cc(C(F)(F)F)c1. The van der Waals surface area contributed by atoms with Gasteiger partial charge < -0.3 is 4.74 Å². The highest BCUT2D eigenvalue weighted by Gasteiger charge is 2.41. The Morgan fingerprint density at radius 3 is 2.17 bits per heavy atom. The van der Waals surface area contributed by atoms with Crippen molar-refractivity contribution >= 4 is 17.7 Å². The third kappa shape index (κ3) is 5.84. The second kappa shape index (κ2) is 10.9. The number of ether oxygens (including phenoxy) is 1. The van der Waals surface area contributed by atoms with Crippen molar-refractivity contribution in [2.45, 2.75) is 59.5 Å². The zero-order valence-electron chi connectivity index (χ0n) is 23.6. The molecule has 0 N–H and O–H groups in total. The number of carbonyl (C=O) groups is 1. The molecule has 5 rings (SSSR count). The molecule has 0 saturated carbocycles. The van der Waals surface area contributed by atoms with Gasteiger partial charge in [-0.15, -0.1) is 0 Å². The molecule has 1 aliphatic rings. The molecule has 1 heterocycles. The molecule has 2 atom stereocenters. The molecule has 1 aliphatic heterocycles. The molecule has 1 amide bonds. The Bertz CT molecular complexity index is 1650. The third-order valence-corrected chi connectivity index (χ3v) is 8.03. The van der Waals surface area contributed by atoms with E-state index in [1.807, 2.05) is 37.3 Å². The lowest BCUT2D eigenvalue weighted by Crippen LogP contribution is -2.31. The van der Waals surface area contributed by atoms with Gasteiger partial charge in [-0.2, -0.15) is 13.2 Å². The topological polar surface area (TPSA) is 29.5 Å². The predicted octanol–water partition coefficient (Wildman–Crippen LogP) is 10.0. The average molecular weight is 578 g/mol. The van der Waals surface area contributed by atoms with Crippen LogP contribution >= 0.6 is 11.6 Å².